The summed E-state index contributed by atoms with van der Waals surface area (Å²) in [6.07, 6.45) is 0.742. The van der Waals surface area contributed by atoms with E-state index in [9.17, 15) is 4.79 Å². The quantitative estimate of drug-likeness (QED) is 0.931. The van der Waals surface area contributed by atoms with Crippen LogP contribution in [-0.4, -0.2) is 30.3 Å². The van der Waals surface area contributed by atoms with Crippen molar-refractivity contribution in [2.24, 2.45) is 5.92 Å². The minimum Gasteiger partial charge on any atom is -0.493 e. The minimum atomic E-state index is -0.626. The normalized spacial score (nSPS) is 27.0. The Balaban J connectivity index is 2.03. The van der Waals surface area contributed by atoms with Gasteiger partial charge in [0.15, 0.2) is 17.2 Å². The molecule has 1 aromatic rings. The highest BCUT2D eigenvalue weighted by atomic mass is 16.5. The van der Waals surface area contributed by atoms with Gasteiger partial charge in [-0.2, -0.15) is 0 Å². The number of hydrogen-bond acceptors (Lipinski definition) is 3. The van der Waals surface area contributed by atoms with Gasteiger partial charge in [-0.15, -0.1) is 0 Å². The predicted octanol–water partition coefficient (Wildman–Crippen LogP) is 2.92. The van der Waals surface area contributed by atoms with E-state index < -0.39 is 5.72 Å². The molecule has 2 aliphatic heterocycles. The second kappa shape index (κ2) is 4.83. The van der Waals surface area contributed by atoms with E-state index in [4.69, 9.17) is 9.47 Å². The first kappa shape index (κ1) is 14.0. The SMILES string of the molecule is COc1cccc2c1OC1(C)CC2NC(=O)N1CC(C)C. The van der Waals surface area contributed by atoms with Crippen LogP contribution in [0.15, 0.2) is 18.2 Å². The van der Waals surface area contributed by atoms with Crippen LogP contribution in [-0.2, 0) is 0 Å². The standard InChI is InChI=1S/C16H22N2O3/c1-10(2)9-18-15(19)17-12-8-16(18,3)21-14-11(12)6-5-7-13(14)20-4/h5-7,10,12H,8-9H2,1-4H3,(H,17,19). The molecule has 2 unspecified atom stereocenters. The number of fused-ring (bicyclic) bond motifs is 4. The molecule has 2 atom stereocenters. The highest BCUT2D eigenvalue weighted by molar-refractivity contribution is 5.77. The summed E-state index contributed by atoms with van der Waals surface area (Å²) in [5, 5.41) is 3.09. The van der Waals surface area contributed by atoms with Gasteiger partial charge in [-0.05, 0) is 18.9 Å². The number of rotatable bonds is 3. The Morgan fingerprint density at radius 2 is 2.29 bits per heavy atom. The number of urea groups is 1. The van der Waals surface area contributed by atoms with Crippen molar-refractivity contribution in [1.82, 2.24) is 10.2 Å². The van der Waals surface area contributed by atoms with Crippen LogP contribution < -0.4 is 14.8 Å². The zero-order chi connectivity index (χ0) is 15.2. The van der Waals surface area contributed by atoms with Crippen molar-refractivity contribution in [3.8, 4) is 11.5 Å². The number of carbonyl (C=O) groups excluding carboxylic acids is 1. The fourth-order valence-electron chi connectivity index (χ4n) is 3.20. The van der Waals surface area contributed by atoms with Crippen LogP contribution in [0.3, 0.4) is 0 Å². The summed E-state index contributed by atoms with van der Waals surface area (Å²) in [7, 11) is 1.64. The first-order valence-electron chi connectivity index (χ1n) is 7.38. The van der Waals surface area contributed by atoms with E-state index in [0.717, 1.165) is 17.7 Å². The molecular formula is C16H22N2O3. The molecule has 21 heavy (non-hydrogen) atoms. The molecule has 114 valence electrons. The van der Waals surface area contributed by atoms with Gasteiger partial charge in [-0.3, -0.25) is 4.90 Å². The maximum Gasteiger partial charge on any atom is 0.320 e. The summed E-state index contributed by atoms with van der Waals surface area (Å²) >= 11 is 0. The third kappa shape index (κ3) is 2.20. The number of ether oxygens (including phenoxy) is 2. The largest absolute Gasteiger partial charge is 0.493 e. The number of nitrogens with zero attached hydrogens (tertiary/aromatic N) is 1. The fraction of sp³-hybridized carbons (Fsp3) is 0.562. The lowest BCUT2D eigenvalue weighted by atomic mass is 9.90. The van der Waals surface area contributed by atoms with E-state index in [1.807, 2.05) is 25.1 Å². The lowest BCUT2D eigenvalue weighted by Gasteiger charge is -2.51. The van der Waals surface area contributed by atoms with Crippen molar-refractivity contribution < 1.29 is 14.3 Å². The van der Waals surface area contributed by atoms with E-state index in [1.165, 1.54) is 0 Å². The zero-order valence-electron chi connectivity index (χ0n) is 13.0. The minimum absolute atomic E-state index is 0.0234. The molecule has 5 heteroatoms. The van der Waals surface area contributed by atoms with Gasteiger partial charge in [-0.1, -0.05) is 26.0 Å². The number of amides is 2. The summed E-state index contributed by atoms with van der Waals surface area (Å²) in [6, 6.07) is 5.72. The van der Waals surface area contributed by atoms with Crippen LogP contribution in [0.2, 0.25) is 0 Å². The zero-order valence-corrected chi connectivity index (χ0v) is 13.0. The van der Waals surface area contributed by atoms with Gasteiger partial charge in [-0.25, -0.2) is 4.79 Å². The van der Waals surface area contributed by atoms with E-state index in [1.54, 1.807) is 12.0 Å². The maximum atomic E-state index is 12.4. The van der Waals surface area contributed by atoms with Crippen molar-refractivity contribution in [3.05, 3.63) is 23.8 Å². The van der Waals surface area contributed by atoms with Crippen molar-refractivity contribution in [1.29, 1.82) is 0 Å². The molecule has 0 saturated carbocycles. The average Bonchev–Trinajstić information content (AvgIpc) is 2.42. The van der Waals surface area contributed by atoms with Crippen LogP contribution in [0.5, 0.6) is 11.5 Å². The van der Waals surface area contributed by atoms with E-state index in [-0.39, 0.29) is 12.1 Å². The van der Waals surface area contributed by atoms with Crippen molar-refractivity contribution >= 4 is 6.03 Å². The number of nitrogens with one attached hydrogen (secondary N) is 1. The monoisotopic (exact) mass is 290 g/mol. The van der Waals surface area contributed by atoms with Crippen LogP contribution in [0.25, 0.3) is 0 Å². The molecule has 0 radical (unpaired) electrons. The molecule has 2 aliphatic rings. The molecule has 0 aromatic heterocycles. The number of hydrogen-bond donors (Lipinski definition) is 1. The highest BCUT2D eigenvalue weighted by Gasteiger charge is 2.49. The molecule has 0 aliphatic carbocycles. The number of benzene rings is 1. The molecule has 2 heterocycles. The van der Waals surface area contributed by atoms with Gasteiger partial charge in [0.05, 0.1) is 13.2 Å². The van der Waals surface area contributed by atoms with Gasteiger partial charge >= 0.3 is 6.03 Å². The van der Waals surface area contributed by atoms with Crippen LogP contribution >= 0.6 is 0 Å². The topological polar surface area (TPSA) is 50.8 Å². The van der Waals surface area contributed by atoms with E-state index in [0.29, 0.717) is 18.2 Å². The van der Waals surface area contributed by atoms with E-state index >= 15 is 0 Å². The Labute approximate surface area is 125 Å². The Morgan fingerprint density at radius 1 is 1.52 bits per heavy atom. The second-order valence-corrected chi connectivity index (χ2v) is 6.37. The second-order valence-electron chi connectivity index (χ2n) is 6.37. The number of methoxy groups -OCH3 is 1. The molecule has 1 fully saturated rings. The molecule has 1 aromatic carbocycles. The van der Waals surface area contributed by atoms with Crippen LogP contribution in [0, 0.1) is 5.92 Å². The van der Waals surface area contributed by atoms with Crippen molar-refractivity contribution in [3.63, 3.8) is 0 Å². The Hall–Kier alpha value is -1.91. The van der Waals surface area contributed by atoms with Gasteiger partial charge < -0.3 is 14.8 Å². The Bertz CT molecular complexity index is 573. The molecule has 1 saturated heterocycles. The van der Waals surface area contributed by atoms with Crippen molar-refractivity contribution in [2.75, 3.05) is 13.7 Å². The summed E-state index contributed by atoms with van der Waals surface area (Å²) in [6.45, 7) is 6.84. The lowest BCUT2D eigenvalue weighted by molar-refractivity contribution is -0.0888. The van der Waals surface area contributed by atoms with Gasteiger partial charge in [0.1, 0.15) is 0 Å². The smallest absolute Gasteiger partial charge is 0.320 e. The summed E-state index contributed by atoms with van der Waals surface area (Å²) in [4.78, 5) is 14.2. The van der Waals surface area contributed by atoms with E-state index in [2.05, 4.69) is 19.2 Å². The molecule has 0 spiro atoms. The molecule has 2 amide bonds. The van der Waals surface area contributed by atoms with Crippen molar-refractivity contribution in [2.45, 2.75) is 39.0 Å². The van der Waals surface area contributed by atoms with Gasteiger partial charge in [0.2, 0.25) is 0 Å². The summed E-state index contributed by atoms with van der Waals surface area (Å²) < 4.78 is 11.6. The third-order valence-electron chi connectivity index (χ3n) is 4.17. The molecule has 3 rings (SSSR count). The van der Waals surface area contributed by atoms with Crippen LogP contribution in [0.1, 0.15) is 38.8 Å². The Morgan fingerprint density at radius 3 is 2.95 bits per heavy atom. The number of carbonyl (C=O) groups is 1. The summed E-state index contributed by atoms with van der Waals surface area (Å²) in [5.74, 6) is 1.84. The molecule has 5 nitrogen and oxygen atoms in total. The third-order valence-corrected chi connectivity index (χ3v) is 4.17. The number of para-hydroxylation sites is 1. The molecule has 1 N–H and O–H groups in total. The predicted molar refractivity (Wildman–Crippen MR) is 79.5 cm³/mol. The fourth-order valence-corrected chi connectivity index (χ4v) is 3.20. The average molecular weight is 290 g/mol. The first-order valence-corrected chi connectivity index (χ1v) is 7.38. The van der Waals surface area contributed by atoms with Gasteiger partial charge in [0.25, 0.3) is 0 Å². The summed E-state index contributed by atoms with van der Waals surface area (Å²) in [5.41, 5.74) is 0.364. The lowest BCUT2D eigenvalue weighted by Crippen LogP contribution is -2.65. The maximum absolute atomic E-state index is 12.4. The highest BCUT2D eigenvalue weighted by Crippen LogP contribution is 2.47. The first-order chi connectivity index (χ1) is 9.94. The Kier molecular flexibility index (Phi) is 3.23. The van der Waals surface area contributed by atoms with Gasteiger partial charge in [0, 0.05) is 18.5 Å². The molecule has 2 bridgehead atoms. The molecular weight excluding hydrogens is 268 g/mol. The van der Waals surface area contributed by atoms with Crippen LogP contribution in [0.4, 0.5) is 4.79 Å².